The average molecular weight is 376 g/mol. The van der Waals surface area contributed by atoms with Crippen molar-refractivity contribution in [3.05, 3.63) is 34.9 Å². The highest BCUT2D eigenvalue weighted by Gasteiger charge is 2.15. The molecule has 1 aromatic rings. The maximum atomic E-state index is 11.9. The lowest BCUT2D eigenvalue weighted by atomic mass is 10.1. The van der Waals surface area contributed by atoms with Gasteiger partial charge in [0.15, 0.2) is 0 Å². The summed E-state index contributed by atoms with van der Waals surface area (Å²) in [7, 11) is -3.22. The van der Waals surface area contributed by atoms with Crippen molar-refractivity contribution in [2.75, 3.05) is 19.3 Å². The number of sulfonamides is 1. The monoisotopic (exact) mass is 375 g/mol. The molecule has 0 atom stereocenters. The number of carbonyl (C=O) groups is 1. The van der Waals surface area contributed by atoms with Gasteiger partial charge in [-0.2, -0.15) is 0 Å². The number of aliphatic carboxylic acids is 1. The molecule has 0 aliphatic heterocycles. The number of carboxylic acid groups (broad SMARTS) is 1. The standard InChI is InChI=1S/C17H26ClNO4S/c1-24(22,23)19(12-5-3-2-4-11-17(20)21)13-7-9-15-8-6-10-16(18)14-15/h6,8,10,14H,2-5,7,9,11-13H2,1H3,(H,20,21). The van der Waals surface area contributed by atoms with E-state index in [1.807, 2.05) is 24.3 Å². The summed E-state index contributed by atoms with van der Waals surface area (Å²) < 4.78 is 25.2. The first kappa shape index (κ1) is 20.9. The predicted octanol–water partition coefficient (Wildman–Crippen LogP) is 3.57. The van der Waals surface area contributed by atoms with Crippen LogP contribution in [0.3, 0.4) is 0 Å². The van der Waals surface area contributed by atoms with Crippen molar-refractivity contribution in [1.82, 2.24) is 4.31 Å². The Balaban J connectivity index is 2.33. The summed E-state index contributed by atoms with van der Waals surface area (Å²) in [6.07, 6.45) is 5.98. The second-order valence-electron chi connectivity index (χ2n) is 5.95. The zero-order valence-corrected chi connectivity index (χ0v) is 15.7. The molecule has 0 spiro atoms. The number of aryl methyl sites for hydroxylation is 1. The Hall–Kier alpha value is -1.11. The highest BCUT2D eigenvalue weighted by Crippen LogP contribution is 2.13. The van der Waals surface area contributed by atoms with E-state index in [1.54, 1.807) is 0 Å². The largest absolute Gasteiger partial charge is 0.481 e. The SMILES string of the molecule is CS(=O)(=O)N(CCCCCCC(=O)O)CCCc1cccc(Cl)c1. The van der Waals surface area contributed by atoms with E-state index < -0.39 is 16.0 Å². The van der Waals surface area contributed by atoms with Crippen LogP contribution >= 0.6 is 11.6 Å². The molecule has 24 heavy (non-hydrogen) atoms. The Morgan fingerprint density at radius 3 is 2.42 bits per heavy atom. The normalized spacial score (nSPS) is 11.8. The van der Waals surface area contributed by atoms with Crippen LogP contribution in [0.4, 0.5) is 0 Å². The molecule has 7 heteroatoms. The van der Waals surface area contributed by atoms with Crippen molar-refractivity contribution in [2.24, 2.45) is 0 Å². The van der Waals surface area contributed by atoms with Gasteiger partial charge in [-0.15, -0.1) is 0 Å². The van der Waals surface area contributed by atoms with Crippen molar-refractivity contribution >= 4 is 27.6 Å². The average Bonchev–Trinajstić information content (AvgIpc) is 2.47. The highest BCUT2D eigenvalue weighted by atomic mass is 35.5. The highest BCUT2D eigenvalue weighted by molar-refractivity contribution is 7.88. The molecule has 0 heterocycles. The summed E-state index contributed by atoms with van der Waals surface area (Å²) in [5.41, 5.74) is 1.10. The molecule has 1 rings (SSSR count). The zero-order chi connectivity index (χ0) is 18.0. The first-order valence-electron chi connectivity index (χ1n) is 8.20. The summed E-state index contributed by atoms with van der Waals surface area (Å²) >= 11 is 5.95. The number of benzene rings is 1. The molecule has 0 aliphatic rings. The van der Waals surface area contributed by atoms with Crippen LogP contribution < -0.4 is 0 Å². The van der Waals surface area contributed by atoms with Crippen LogP contribution in [0, 0.1) is 0 Å². The van der Waals surface area contributed by atoms with Crippen molar-refractivity contribution in [1.29, 1.82) is 0 Å². The van der Waals surface area contributed by atoms with Crippen molar-refractivity contribution in [3.8, 4) is 0 Å². The van der Waals surface area contributed by atoms with Crippen LogP contribution in [0.25, 0.3) is 0 Å². The van der Waals surface area contributed by atoms with E-state index in [-0.39, 0.29) is 6.42 Å². The smallest absolute Gasteiger partial charge is 0.303 e. The van der Waals surface area contributed by atoms with Gasteiger partial charge in [-0.1, -0.05) is 36.6 Å². The fourth-order valence-corrected chi connectivity index (χ4v) is 3.65. The number of hydrogen-bond acceptors (Lipinski definition) is 3. The molecular formula is C17H26ClNO4S. The molecule has 0 aliphatic carbocycles. The van der Waals surface area contributed by atoms with E-state index in [0.717, 1.165) is 37.7 Å². The van der Waals surface area contributed by atoms with Crippen LogP contribution in [0.5, 0.6) is 0 Å². The molecule has 0 saturated carbocycles. The van der Waals surface area contributed by atoms with Gasteiger partial charge < -0.3 is 5.11 Å². The van der Waals surface area contributed by atoms with E-state index in [9.17, 15) is 13.2 Å². The van der Waals surface area contributed by atoms with E-state index in [1.165, 1.54) is 10.6 Å². The maximum absolute atomic E-state index is 11.9. The molecule has 0 fully saturated rings. The van der Waals surface area contributed by atoms with Crippen molar-refractivity contribution in [2.45, 2.75) is 44.9 Å². The molecule has 0 unspecified atom stereocenters. The minimum Gasteiger partial charge on any atom is -0.481 e. The molecule has 0 saturated heterocycles. The zero-order valence-electron chi connectivity index (χ0n) is 14.1. The molecule has 0 aromatic heterocycles. The van der Waals surface area contributed by atoms with Gasteiger partial charge >= 0.3 is 5.97 Å². The quantitative estimate of drug-likeness (QED) is 0.567. The minimum absolute atomic E-state index is 0.176. The van der Waals surface area contributed by atoms with E-state index >= 15 is 0 Å². The van der Waals surface area contributed by atoms with Crippen molar-refractivity contribution < 1.29 is 18.3 Å². The van der Waals surface area contributed by atoms with Crippen molar-refractivity contribution in [3.63, 3.8) is 0 Å². The molecule has 0 bridgehead atoms. The first-order valence-corrected chi connectivity index (χ1v) is 10.4. The molecular weight excluding hydrogens is 350 g/mol. The fourth-order valence-electron chi connectivity index (χ4n) is 2.51. The van der Waals surface area contributed by atoms with Gasteiger partial charge in [0.05, 0.1) is 6.26 Å². The number of carboxylic acids is 1. The lowest BCUT2D eigenvalue weighted by Gasteiger charge is -2.19. The van der Waals surface area contributed by atoms with Gasteiger partial charge in [-0.25, -0.2) is 12.7 Å². The third-order valence-electron chi connectivity index (χ3n) is 3.78. The van der Waals surface area contributed by atoms with Crippen LogP contribution in [0.2, 0.25) is 5.02 Å². The molecule has 1 aromatic carbocycles. The van der Waals surface area contributed by atoms with E-state index in [0.29, 0.717) is 24.5 Å². The van der Waals surface area contributed by atoms with Gasteiger partial charge in [0.2, 0.25) is 10.0 Å². The van der Waals surface area contributed by atoms with Gasteiger partial charge in [-0.05, 0) is 43.4 Å². The lowest BCUT2D eigenvalue weighted by Crippen LogP contribution is -2.32. The summed E-state index contributed by atoms with van der Waals surface area (Å²) in [6, 6.07) is 7.59. The predicted molar refractivity (Wildman–Crippen MR) is 96.9 cm³/mol. The van der Waals surface area contributed by atoms with Gasteiger partial charge in [0.25, 0.3) is 0 Å². The summed E-state index contributed by atoms with van der Waals surface area (Å²) in [6.45, 7) is 0.974. The Bertz CT molecular complexity index is 619. The van der Waals surface area contributed by atoms with Crippen LogP contribution in [-0.4, -0.2) is 43.1 Å². The fraction of sp³-hybridized carbons (Fsp3) is 0.588. The number of rotatable bonds is 12. The lowest BCUT2D eigenvalue weighted by molar-refractivity contribution is -0.137. The number of unbranched alkanes of at least 4 members (excludes halogenated alkanes) is 3. The molecule has 136 valence electrons. The Labute approximate surface area is 149 Å². The summed E-state index contributed by atoms with van der Waals surface area (Å²) in [4.78, 5) is 10.4. The number of nitrogens with zero attached hydrogens (tertiary/aromatic N) is 1. The summed E-state index contributed by atoms with van der Waals surface area (Å²) in [5, 5.41) is 9.27. The van der Waals surface area contributed by atoms with Gasteiger partial charge in [0.1, 0.15) is 0 Å². The molecule has 0 amide bonds. The second kappa shape index (κ2) is 10.7. The Morgan fingerprint density at radius 1 is 1.12 bits per heavy atom. The number of hydrogen-bond donors (Lipinski definition) is 1. The van der Waals surface area contributed by atoms with E-state index in [2.05, 4.69) is 0 Å². The minimum atomic E-state index is -3.22. The molecule has 0 radical (unpaired) electrons. The Kier molecular flexibility index (Phi) is 9.33. The van der Waals surface area contributed by atoms with Crippen LogP contribution in [-0.2, 0) is 21.2 Å². The third kappa shape index (κ3) is 9.25. The maximum Gasteiger partial charge on any atom is 0.303 e. The summed E-state index contributed by atoms with van der Waals surface area (Å²) in [5.74, 6) is -0.784. The third-order valence-corrected chi connectivity index (χ3v) is 5.32. The number of halogens is 1. The first-order chi connectivity index (χ1) is 11.3. The van der Waals surface area contributed by atoms with Crippen LogP contribution in [0.1, 0.15) is 44.1 Å². The van der Waals surface area contributed by atoms with Crippen LogP contribution in [0.15, 0.2) is 24.3 Å². The van der Waals surface area contributed by atoms with E-state index in [4.69, 9.17) is 16.7 Å². The Morgan fingerprint density at radius 2 is 1.79 bits per heavy atom. The van der Waals surface area contributed by atoms with Gasteiger partial charge in [0, 0.05) is 24.5 Å². The molecule has 5 nitrogen and oxygen atoms in total. The topological polar surface area (TPSA) is 74.7 Å². The second-order valence-corrected chi connectivity index (χ2v) is 8.37. The molecule has 1 N–H and O–H groups in total. The van der Waals surface area contributed by atoms with Gasteiger partial charge in [-0.3, -0.25) is 4.79 Å².